The quantitative estimate of drug-likeness (QED) is 0.606. The van der Waals surface area contributed by atoms with E-state index in [1.165, 1.54) is 0 Å². The van der Waals surface area contributed by atoms with E-state index in [0.29, 0.717) is 24.8 Å². The summed E-state index contributed by atoms with van der Waals surface area (Å²) in [4.78, 5) is 23.4. The molecule has 0 saturated heterocycles. The van der Waals surface area contributed by atoms with Crippen LogP contribution in [0.4, 0.5) is 0 Å². The molecule has 0 bridgehead atoms. The second-order valence-electron chi connectivity index (χ2n) is 6.40. The summed E-state index contributed by atoms with van der Waals surface area (Å²) in [7, 11) is 0. The van der Waals surface area contributed by atoms with Crippen molar-refractivity contribution < 1.29 is 9.59 Å². The Bertz CT molecular complexity index is 288. The summed E-state index contributed by atoms with van der Waals surface area (Å²) in [5.74, 6) is 1.13. The molecule has 118 valence electrons. The molecule has 1 atom stereocenters. The molecular weight excluding hydrogens is 252 g/mol. The van der Waals surface area contributed by atoms with E-state index in [0.717, 1.165) is 25.7 Å². The van der Waals surface area contributed by atoms with Crippen molar-refractivity contribution in [3.05, 3.63) is 0 Å². The first kappa shape index (κ1) is 18.9. The minimum Gasteiger partial charge on any atom is -0.354 e. The number of hydrogen-bond donors (Lipinski definition) is 2. The van der Waals surface area contributed by atoms with E-state index in [1.807, 2.05) is 0 Å². The van der Waals surface area contributed by atoms with E-state index in [9.17, 15) is 9.59 Å². The van der Waals surface area contributed by atoms with Crippen molar-refractivity contribution in [1.29, 1.82) is 0 Å². The van der Waals surface area contributed by atoms with Crippen LogP contribution in [-0.2, 0) is 9.59 Å². The summed E-state index contributed by atoms with van der Waals surface area (Å²) in [5, 5.41) is 5.60. The summed E-state index contributed by atoms with van der Waals surface area (Å²) >= 11 is 0. The monoisotopic (exact) mass is 284 g/mol. The molecule has 0 aliphatic carbocycles. The zero-order valence-corrected chi connectivity index (χ0v) is 13.8. The van der Waals surface area contributed by atoms with Gasteiger partial charge in [-0.3, -0.25) is 9.59 Å². The van der Waals surface area contributed by atoms with Gasteiger partial charge < -0.3 is 10.6 Å². The van der Waals surface area contributed by atoms with Crippen LogP contribution in [0.3, 0.4) is 0 Å². The van der Waals surface area contributed by atoms with Crippen molar-refractivity contribution in [3.8, 4) is 0 Å². The summed E-state index contributed by atoms with van der Waals surface area (Å²) in [6.45, 7) is 11.0. The second-order valence-corrected chi connectivity index (χ2v) is 6.40. The summed E-state index contributed by atoms with van der Waals surface area (Å²) < 4.78 is 0. The molecule has 0 spiro atoms. The van der Waals surface area contributed by atoms with Gasteiger partial charge in [-0.05, 0) is 31.6 Å². The van der Waals surface area contributed by atoms with Gasteiger partial charge >= 0.3 is 0 Å². The fourth-order valence-electron chi connectivity index (χ4n) is 1.85. The number of unbranched alkanes of at least 4 members (excludes halogenated alkanes) is 1. The Hall–Kier alpha value is -1.06. The highest BCUT2D eigenvalue weighted by atomic mass is 16.2. The maximum atomic E-state index is 11.8. The highest BCUT2D eigenvalue weighted by Crippen LogP contribution is 2.07. The Kier molecular flexibility index (Phi) is 10.1. The van der Waals surface area contributed by atoms with E-state index in [4.69, 9.17) is 0 Å². The molecule has 0 aromatic rings. The first-order valence-electron chi connectivity index (χ1n) is 7.90. The summed E-state index contributed by atoms with van der Waals surface area (Å²) in [5.41, 5.74) is 0. The molecule has 0 aliphatic rings. The smallest absolute Gasteiger partial charge is 0.242 e. The topological polar surface area (TPSA) is 58.2 Å². The van der Waals surface area contributed by atoms with Gasteiger partial charge in [0.15, 0.2) is 0 Å². The first-order valence-corrected chi connectivity index (χ1v) is 7.90. The Labute approximate surface area is 124 Å². The maximum absolute atomic E-state index is 11.8. The van der Waals surface area contributed by atoms with Crippen molar-refractivity contribution in [2.24, 2.45) is 11.8 Å². The number of hydrogen-bond acceptors (Lipinski definition) is 2. The molecule has 0 heterocycles. The summed E-state index contributed by atoms with van der Waals surface area (Å²) in [6.07, 6.45) is 4.59. The van der Waals surface area contributed by atoms with Crippen molar-refractivity contribution in [3.63, 3.8) is 0 Å². The molecule has 4 heteroatoms. The predicted molar refractivity (Wildman–Crippen MR) is 83.4 cm³/mol. The third-order valence-corrected chi connectivity index (χ3v) is 3.23. The molecule has 0 aromatic carbocycles. The molecule has 4 nitrogen and oxygen atoms in total. The molecule has 0 aromatic heterocycles. The third-order valence-electron chi connectivity index (χ3n) is 3.23. The van der Waals surface area contributed by atoms with Crippen LogP contribution in [0, 0.1) is 11.8 Å². The van der Waals surface area contributed by atoms with Crippen molar-refractivity contribution >= 4 is 11.8 Å². The van der Waals surface area contributed by atoms with Crippen LogP contribution in [0.2, 0.25) is 0 Å². The normalized spacial score (nSPS) is 12.6. The van der Waals surface area contributed by atoms with E-state index < -0.39 is 6.04 Å². The third kappa shape index (κ3) is 10.8. The fraction of sp³-hybridized carbons (Fsp3) is 0.875. The van der Waals surface area contributed by atoms with Crippen LogP contribution >= 0.6 is 0 Å². The van der Waals surface area contributed by atoms with Gasteiger partial charge in [-0.15, -0.1) is 0 Å². The maximum Gasteiger partial charge on any atom is 0.242 e. The van der Waals surface area contributed by atoms with E-state index in [1.54, 1.807) is 6.92 Å². The molecule has 2 amide bonds. The number of carbonyl (C=O) groups excluding carboxylic acids is 2. The van der Waals surface area contributed by atoms with Crippen molar-refractivity contribution in [1.82, 2.24) is 10.6 Å². The lowest BCUT2D eigenvalue weighted by Crippen LogP contribution is -2.45. The van der Waals surface area contributed by atoms with Crippen molar-refractivity contribution in [2.45, 2.75) is 72.8 Å². The van der Waals surface area contributed by atoms with E-state index in [2.05, 4.69) is 38.3 Å². The number of nitrogens with one attached hydrogen (secondary N) is 2. The summed E-state index contributed by atoms with van der Waals surface area (Å²) in [6, 6.07) is -0.445. The number of amides is 2. The highest BCUT2D eigenvalue weighted by Gasteiger charge is 2.14. The second kappa shape index (κ2) is 10.7. The van der Waals surface area contributed by atoms with Crippen LogP contribution in [0.5, 0.6) is 0 Å². The van der Waals surface area contributed by atoms with E-state index >= 15 is 0 Å². The fourth-order valence-corrected chi connectivity index (χ4v) is 1.85. The first-order chi connectivity index (χ1) is 9.32. The van der Waals surface area contributed by atoms with Crippen molar-refractivity contribution in [2.75, 3.05) is 6.54 Å². The minimum atomic E-state index is -0.445. The number of rotatable bonds is 10. The molecule has 0 radical (unpaired) electrons. The van der Waals surface area contributed by atoms with Gasteiger partial charge in [0.05, 0.1) is 0 Å². The van der Waals surface area contributed by atoms with Gasteiger partial charge in [-0.1, -0.05) is 40.5 Å². The lowest BCUT2D eigenvalue weighted by Gasteiger charge is -2.14. The molecule has 0 saturated carbocycles. The minimum absolute atomic E-state index is 0.0275. The molecule has 0 fully saturated rings. The highest BCUT2D eigenvalue weighted by molar-refractivity contribution is 5.87. The molecule has 2 N–H and O–H groups in total. The van der Waals surface area contributed by atoms with Crippen LogP contribution in [0.15, 0.2) is 0 Å². The lowest BCUT2D eigenvalue weighted by atomic mass is 10.1. The largest absolute Gasteiger partial charge is 0.354 e. The lowest BCUT2D eigenvalue weighted by molar-refractivity contribution is -0.128. The Morgan fingerprint density at radius 3 is 2.05 bits per heavy atom. The Morgan fingerprint density at radius 1 is 0.900 bits per heavy atom. The van der Waals surface area contributed by atoms with Gasteiger partial charge in [-0.25, -0.2) is 0 Å². The van der Waals surface area contributed by atoms with Gasteiger partial charge in [0.1, 0.15) is 6.04 Å². The van der Waals surface area contributed by atoms with E-state index in [-0.39, 0.29) is 11.8 Å². The molecule has 20 heavy (non-hydrogen) atoms. The average Bonchev–Trinajstić information content (AvgIpc) is 2.33. The zero-order chi connectivity index (χ0) is 15.5. The van der Waals surface area contributed by atoms with Crippen LogP contribution in [0.1, 0.15) is 66.7 Å². The standard InChI is InChI=1S/C16H32N2O2/c1-12(2)8-6-7-9-15(19)18-14(5)16(20)17-11-10-13(3)4/h12-14H,6-11H2,1-5H3,(H,17,20)(H,18,19). The van der Waals surface area contributed by atoms with Gasteiger partial charge in [0.25, 0.3) is 0 Å². The Balaban J connectivity index is 3.74. The number of carbonyl (C=O) groups is 2. The molecule has 0 aliphatic heterocycles. The predicted octanol–water partition coefficient (Wildman–Crippen LogP) is 2.87. The zero-order valence-electron chi connectivity index (χ0n) is 13.8. The molecule has 0 rings (SSSR count). The van der Waals surface area contributed by atoms with Crippen LogP contribution < -0.4 is 10.6 Å². The average molecular weight is 284 g/mol. The Morgan fingerprint density at radius 2 is 1.50 bits per heavy atom. The van der Waals surface area contributed by atoms with Gasteiger partial charge in [-0.2, -0.15) is 0 Å². The van der Waals surface area contributed by atoms with Gasteiger partial charge in [0.2, 0.25) is 11.8 Å². The molecular formula is C16H32N2O2. The van der Waals surface area contributed by atoms with Crippen LogP contribution in [-0.4, -0.2) is 24.4 Å². The molecule has 1 unspecified atom stereocenters. The SMILES string of the molecule is CC(C)CCCCC(=O)NC(C)C(=O)NCCC(C)C. The van der Waals surface area contributed by atoms with Gasteiger partial charge in [0, 0.05) is 13.0 Å². The van der Waals surface area contributed by atoms with Crippen LogP contribution in [0.25, 0.3) is 0 Å².